The fourth-order valence-corrected chi connectivity index (χ4v) is 9.87. The Labute approximate surface area is 201 Å². The molecule has 0 bridgehead atoms. The maximum Gasteiger partial charge on any atom is 0.307 e. The van der Waals surface area contributed by atoms with E-state index in [9.17, 15) is 9.90 Å². The van der Waals surface area contributed by atoms with Crippen LogP contribution >= 0.6 is 0 Å². The van der Waals surface area contributed by atoms with Gasteiger partial charge < -0.3 is 15.6 Å². The third kappa shape index (κ3) is 3.82. The maximum absolute atomic E-state index is 11.3. The lowest BCUT2D eigenvalue weighted by atomic mass is 9.44. The Balaban J connectivity index is 1.31. The van der Waals surface area contributed by atoms with E-state index >= 15 is 0 Å². The first kappa shape index (κ1) is 23.9. The number of allylic oxidation sites excluding steroid dienone is 1. The normalized spacial score (nSPS) is 49.4. The summed E-state index contributed by atoms with van der Waals surface area (Å²) >= 11 is 0. The third-order valence-electron chi connectivity index (χ3n) is 11.7. The molecule has 2 unspecified atom stereocenters. The summed E-state index contributed by atoms with van der Waals surface area (Å²) in [5, 5.41) is 9.28. The van der Waals surface area contributed by atoms with Crippen molar-refractivity contribution in [2.24, 2.45) is 58.0 Å². The molecule has 4 nitrogen and oxygen atoms in total. The SMILES string of the molecule is CC(CN)CC[C@H]1O[C@H]2C[C@H]3[C@@H]4CCC5CC(CC(=O)O)=CC[C@]5(C)[C@H]4CC[C@]3(C)[C@H]2[C@@H]1C. The molecular formula is C29H47NO3. The lowest BCUT2D eigenvalue weighted by Crippen LogP contribution is -2.53. The van der Waals surface area contributed by atoms with Crippen molar-refractivity contribution in [2.75, 3.05) is 6.54 Å². The molecule has 1 saturated heterocycles. The van der Waals surface area contributed by atoms with Crippen LogP contribution in [0.2, 0.25) is 0 Å². The first-order chi connectivity index (χ1) is 15.7. The van der Waals surface area contributed by atoms with Crippen LogP contribution in [-0.2, 0) is 9.53 Å². The van der Waals surface area contributed by atoms with Gasteiger partial charge in [0.15, 0.2) is 0 Å². The zero-order chi connectivity index (χ0) is 23.5. The molecule has 0 aromatic rings. The van der Waals surface area contributed by atoms with Gasteiger partial charge in [-0.1, -0.05) is 39.3 Å². The summed E-state index contributed by atoms with van der Waals surface area (Å²) in [5.74, 6) is 4.41. The number of nitrogens with two attached hydrogens (primary N) is 1. The Morgan fingerprint density at radius 3 is 2.76 bits per heavy atom. The summed E-state index contributed by atoms with van der Waals surface area (Å²) in [6, 6.07) is 0. The third-order valence-corrected chi connectivity index (χ3v) is 11.7. The van der Waals surface area contributed by atoms with Gasteiger partial charge in [0, 0.05) is 0 Å². The fraction of sp³-hybridized carbons (Fsp3) is 0.897. The highest BCUT2D eigenvalue weighted by Crippen LogP contribution is 2.70. The van der Waals surface area contributed by atoms with Gasteiger partial charge in [0.2, 0.25) is 0 Å². The van der Waals surface area contributed by atoms with Gasteiger partial charge in [-0.15, -0.1) is 0 Å². The van der Waals surface area contributed by atoms with E-state index in [1.807, 2.05) is 0 Å². The van der Waals surface area contributed by atoms with Gasteiger partial charge in [-0.3, -0.25) is 4.79 Å². The van der Waals surface area contributed by atoms with Crippen LogP contribution in [0.25, 0.3) is 0 Å². The van der Waals surface area contributed by atoms with Crippen molar-refractivity contribution in [3.63, 3.8) is 0 Å². The smallest absolute Gasteiger partial charge is 0.307 e. The van der Waals surface area contributed by atoms with E-state index in [2.05, 4.69) is 33.8 Å². The molecule has 186 valence electrons. The van der Waals surface area contributed by atoms with E-state index in [0.717, 1.165) is 43.1 Å². The molecule has 11 atom stereocenters. The summed E-state index contributed by atoms with van der Waals surface area (Å²) in [6.07, 6.45) is 14.5. The molecule has 4 fully saturated rings. The van der Waals surface area contributed by atoms with Crippen molar-refractivity contribution in [1.82, 2.24) is 0 Å². The van der Waals surface area contributed by atoms with Crippen molar-refractivity contribution < 1.29 is 14.6 Å². The molecule has 1 aliphatic heterocycles. The molecule has 4 aliphatic carbocycles. The van der Waals surface area contributed by atoms with E-state index < -0.39 is 5.97 Å². The van der Waals surface area contributed by atoms with Crippen LogP contribution in [0.4, 0.5) is 0 Å². The molecule has 3 saturated carbocycles. The number of rotatable bonds is 6. The van der Waals surface area contributed by atoms with Crippen LogP contribution in [0, 0.1) is 52.3 Å². The molecular weight excluding hydrogens is 410 g/mol. The quantitative estimate of drug-likeness (QED) is 0.477. The predicted octanol–water partition coefficient (Wildman–Crippen LogP) is 6.04. The van der Waals surface area contributed by atoms with Crippen molar-refractivity contribution in [3.05, 3.63) is 11.6 Å². The van der Waals surface area contributed by atoms with Crippen molar-refractivity contribution in [3.8, 4) is 0 Å². The number of carboxylic acid groups (broad SMARTS) is 1. The van der Waals surface area contributed by atoms with Gasteiger partial charge in [-0.25, -0.2) is 0 Å². The fourth-order valence-electron chi connectivity index (χ4n) is 9.87. The Morgan fingerprint density at radius 2 is 2.03 bits per heavy atom. The molecule has 5 aliphatic rings. The van der Waals surface area contributed by atoms with Crippen LogP contribution < -0.4 is 5.73 Å². The Hall–Kier alpha value is -0.870. The number of carbonyl (C=O) groups is 1. The van der Waals surface area contributed by atoms with E-state index in [1.165, 1.54) is 50.5 Å². The Kier molecular flexibility index (Phi) is 6.26. The second-order valence-corrected chi connectivity index (χ2v) is 13.3. The van der Waals surface area contributed by atoms with Gasteiger partial charge in [0.1, 0.15) is 0 Å². The monoisotopic (exact) mass is 457 g/mol. The van der Waals surface area contributed by atoms with E-state index in [-0.39, 0.29) is 6.42 Å². The lowest BCUT2D eigenvalue weighted by Gasteiger charge is -2.60. The van der Waals surface area contributed by atoms with E-state index in [1.54, 1.807) is 0 Å². The standard InChI is InChI=1S/C29H47NO3/c1-17(16-30)5-8-24-18(2)27-25(33-24)15-23-21-7-6-20-13-19(14-26(31)32)9-11-28(20,3)22(21)10-12-29(23,27)4/h9,17-18,20-25,27H,5-8,10-16,30H2,1-4H3,(H,31,32)/t17?,18-,20?,21-,22+,23+,24-,25+,27+,28+,29+/m1/s1. The maximum atomic E-state index is 11.3. The van der Waals surface area contributed by atoms with Crippen molar-refractivity contribution in [1.29, 1.82) is 0 Å². The van der Waals surface area contributed by atoms with Gasteiger partial charge in [0.25, 0.3) is 0 Å². The first-order valence-corrected chi connectivity index (χ1v) is 13.9. The lowest BCUT2D eigenvalue weighted by molar-refractivity contribution is -0.136. The summed E-state index contributed by atoms with van der Waals surface area (Å²) in [5.41, 5.74) is 7.84. The molecule has 0 amide bonds. The van der Waals surface area contributed by atoms with Gasteiger partial charge >= 0.3 is 5.97 Å². The van der Waals surface area contributed by atoms with Gasteiger partial charge in [-0.05, 0) is 117 Å². The molecule has 4 heteroatoms. The highest BCUT2D eigenvalue weighted by Gasteiger charge is 2.65. The largest absolute Gasteiger partial charge is 0.481 e. The van der Waals surface area contributed by atoms with Crippen LogP contribution in [0.5, 0.6) is 0 Å². The second-order valence-electron chi connectivity index (χ2n) is 13.3. The number of aliphatic carboxylic acids is 1. The topological polar surface area (TPSA) is 72.5 Å². The molecule has 3 N–H and O–H groups in total. The van der Waals surface area contributed by atoms with Gasteiger partial charge in [0.05, 0.1) is 18.6 Å². The highest BCUT2D eigenvalue weighted by atomic mass is 16.5. The number of carboxylic acids is 1. The minimum Gasteiger partial charge on any atom is -0.481 e. The minimum atomic E-state index is -0.672. The average molecular weight is 458 g/mol. The van der Waals surface area contributed by atoms with Crippen molar-refractivity contribution >= 4 is 5.97 Å². The van der Waals surface area contributed by atoms with Gasteiger partial charge in [-0.2, -0.15) is 0 Å². The Bertz CT molecular complexity index is 794. The van der Waals surface area contributed by atoms with Crippen LogP contribution in [-0.4, -0.2) is 29.8 Å². The summed E-state index contributed by atoms with van der Waals surface area (Å²) in [4.78, 5) is 11.3. The number of ether oxygens (including phenoxy) is 1. The second kappa shape index (κ2) is 8.66. The summed E-state index contributed by atoms with van der Waals surface area (Å²) < 4.78 is 6.81. The van der Waals surface area contributed by atoms with E-state index in [4.69, 9.17) is 10.5 Å². The predicted molar refractivity (Wildman–Crippen MR) is 132 cm³/mol. The summed E-state index contributed by atoms with van der Waals surface area (Å²) in [6.45, 7) is 10.7. The van der Waals surface area contributed by atoms with E-state index in [0.29, 0.717) is 40.8 Å². The molecule has 1 heterocycles. The van der Waals surface area contributed by atoms with Crippen LogP contribution in [0.3, 0.4) is 0 Å². The van der Waals surface area contributed by atoms with Crippen molar-refractivity contribution in [2.45, 2.75) is 104 Å². The average Bonchev–Trinajstić information content (AvgIpc) is 3.25. The minimum absolute atomic E-state index is 0.241. The molecule has 0 aromatic carbocycles. The van der Waals surface area contributed by atoms with Crippen LogP contribution in [0.15, 0.2) is 11.6 Å². The zero-order valence-electron chi connectivity index (χ0n) is 21.4. The molecule has 5 rings (SSSR count). The highest BCUT2D eigenvalue weighted by molar-refractivity contribution is 5.70. The molecule has 33 heavy (non-hydrogen) atoms. The summed E-state index contributed by atoms with van der Waals surface area (Å²) in [7, 11) is 0. The molecule has 0 radical (unpaired) electrons. The first-order valence-electron chi connectivity index (χ1n) is 13.9. The molecule has 0 spiro atoms. The number of fused-ring (bicyclic) bond motifs is 7. The van der Waals surface area contributed by atoms with Crippen LogP contribution in [0.1, 0.15) is 91.9 Å². The number of hydrogen-bond acceptors (Lipinski definition) is 3. The zero-order valence-corrected chi connectivity index (χ0v) is 21.4. The number of hydrogen-bond donors (Lipinski definition) is 2. The molecule has 0 aromatic heterocycles. The Morgan fingerprint density at radius 1 is 1.24 bits per heavy atom.